The van der Waals surface area contributed by atoms with Crippen molar-refractivity contribution in [3.05, 3.63) is 0 Å². The minimum absolute atomic E-state index is 0. The van der Waals surface area contributed by atoms with Crippen LogP contribution < -0.4 is 11.1 Å². The van der Waals surface area contributed by atoms with Crippen molar-refractivity contribution in [1.82, 2.24) is 15.1 Å². The summed E-state index contributed by atoms with van der Waals surface area (Å²) in [5.41, 5.74) is 5.80. The third-order valence-corrected chi connectivity index (χ3v) is 3.51. The number of amides is 1. The quantitative estimate of drug-likeness (QED) is 0.778. The van der Waals surface area contributed by atoms with E-state index in [1.807, 2.05) is 13.8 Å². The number of carbonyl (C=O) groups excluding carboxylic acids is 1. The second-order valence-electron chi connectivity index (χ2n) is 5.41. The normalized spacial score (nSPS) is 21.2. The molecule has 1 aliphatic heterocycles. The van der Waals surface area contributed by atoms with Gasteiger partial charge in [-0.3, -0.25) is 9.69 Å². The van der Waals surface area contributed by atoms with Crippen LogP contribution in [0.2, 0.25) is 0 Å². The number of hydrogen-bond acceptors (Lipinski definition) is 4. The summed E-state index contributed by atoms with van der Waals surface area (Å²) in [6.07, 6.45) is 0. The number of halogens is 3. The molecule has 1 aliphatic rings. The lowest BCUT2D eigenvalue weighted by molar-refractivity contribution is -0.123. The predicted octanol–water partition coefficient (Wildman–Crippen LogP) is 0.597. The van der Waals surface area contributed by atoms with Crippen LogP contribution in [0, 0.1) is 5.92 Å². The van der Waals surface area contributed by atoms with Gasteiger partial charge in [0, 0.05) is 32.2 Å². The first-order valence-electron chi connectivity index (χ1n) is 6.34. The smallest absolute Gasteiger partial charge is 0.237 e. The minimum Gasteiger partial charge on any atom is -0.353 e. The average Bonchev–Trinajstić information content (AvgIpc) is 2.28. The maximum absolute atomic E-state index is 11.7. The average molecular weight is 352 g/mol. The molecule has 0 aromatic heterocycles. The standard InChI is InChI=1S/C12H26N4O.3ClH/c1-9(2)11(13)12(17)14-7-10-8-15(3)5-6-16(10)4;;;/h9-11H,5-8,13H2,1-4H3,(H,14,17);3*1H. The third-order valence-electron chi connectivity index (χ3n) is 3.51. The third kappa shape index (κ3) is 7.86. The zero-order valence-electron chi connectivity index (χ0n) is 12.7. The summed E-state index contributed by atoms with van der Waals surface area (Å²) in [4.78, 5) is 16.3. The molecular weight excluding hydrogens is 323 g/mol. The summed E-state index contributed by atoms with van der Waals surface area (Å²) in [7, 11) is 4.22. The molecule has 0 aliphatic carbocycles. The first kappa shape index (κ1) is 25.2. The Balaban J connectivity index is -0.000000963. The Bertz CT molecular complexity index is 269. The van der Waals surface area contributed by atoms with Crippen LogP contribution in [0.25, 0.3) is 0 Å². The molecule has 1 rings (SSSR count). The Labute approximate surface area is 141 Å². The second-order valence-corrected chi connectivity index (χ2v) is 5.41. The number of nitrogens with two attached hydrogens (primary N) is 1. The van der Waals surface area contributed by atoms with E-state index >= 15 is 0 Å². The van der Waals surface area contributed by atoms with Gasteiger partial charge < -0.3 is 16.0 Å². The molecule has 1 heterocycles. The molecule has 20 heavy (non-hydrogen) atoms. The highest BCUT2D eigenvalue weighted by molar-refractivity contribution is 5.86. The van der Waals surface area contributed by atoms with Crippen molar-refractivity contribution in [2.75, 3.05) is 40.3 Å². The van der Waals surface area contributed by atoms with E-state index in [1.165, 1.54) is 0 Å². The fourth-order valence-electron chi connectivity index (χ4n) is 1.96. The zero-order chi connectivity index (χ0) is 13.0. The summed E-state index contributed by atoms with van der Waals surface area (Å²) >= 11 is 0. The van der Waals surface area contributed by atoms with E-state index in [0.29, 0.717) is 12.6 Å². The molecule has 8 heteroatoms. The monoisotopic (exact) mass is 350 g/mol. The zero-order valence-corrected chi connectivity index (χ0v) is 15.1. The van der Waals surface area contributed by atoms with E-state index in [-0.39, 0.29) is 49.0 Å². The molecule has 5 nitrogen and oxygen atoms in total. The van der Waals surface area contributed by atoms with Gasteiger partial charge in [0.15, 0.2) is 0 Å². The van der Waals surface area contributed by atoms with Crippen molar-refractivity contribution < 1.29 is 4.79 Å². The molecule has 0 spiro atoms. The van der Waals surface area contributed by atoms with Crippen molar-refractivity contribution >= 4 is 43.1 Å². The van der Waals surface area contributed by atoms with Crippen molar-refractivity contribution in [3.63, 3.8) is 0 Å². The number of hydrogen-bond donors (Lipinski definition) is 2. The minimum atomic E-state index is -0.401. The van der Waals surface area contributed by atoms with Crippen LogP contribution >= 0.6 is 37.2 Å². The molecule has 1 saturated heterocycles. The van der Waals surface area contributed by atoms with Gasteiger partial charge in [0.05, 0.1) is 6.04 Å². The number of carbonyl (C=O) groups is 1. The molecule has 0 aromatic rings. The summed E-state index contributed by atoms with van der Waals surface area (Å²) in [6, 6.07) is -0.0151. The van der Waals surface area contributed by atoms with E-state index in [0.717, 1.165) is 19.6 Å². The van der Waals surface area contributed by atoms with Gasteiger partial charge in [0.2, 0.25) is 5.91 Å². The Morgan fingerprint density at radius 3 is 2.30 bits per heavy atom. The van der Waals surface area contributed by atoms with Crippen LogP contribution in [0.5, 0.6) is 0 Å². The molecular formula is C12H29Cl3N4O. The van der Waals surface area contributed by atoms with Gasteiger partial charge >= 0.3 is 0 Å². The molecule has 3 N–H and O–H groups in total. The summed E-state index contributed by atoms with van der Waals surface area (Å²) in [6.45, 7) is 7.74. The van der Waals surface area contributed by atoms with Crippen molar-refractivity contribution in [2.24, 2.45) is 11.7 Å². The summed E-state index contributed by atoms with van der Waals surface area (Å²) in [5.74, 6) is 0.142. The number of rotatable bonds is 4. The number of piperazine rings is 1. The molecule has 0 radical (unpaired) electrons. The SMILES string of the molecule is CC(C)C(N)C(=O)NCC1CN(C)CCN1C.Cl.Cl.Cl. The van der Waals surface area contributed by atoms with Gasteiger partial charge in [0.1, 0.15) is 0 Å². The van der Waals surface area contributed by atoms with Crippen LogP contribution in [0.4, 0.5) is 0 Å². The van der Waals surface area contributed by atoms with Crippen molar-refractivity contribution in [1.29, 1.82) is 0 Å². The van der Waals surface area contributed by atoms with E-state index in [4.69, 9.17) is 5.73 Å². The maximum atomic E-state index is 11.7. The summed E-state index contributed by atoms with van der Waals surface area (Å²) < 4.78 is 0. The van der Waals surface area contributed by atoms with E-state index < -0.39 is 6.04 Å². The summed E-state index contributed by atoms with van der Waals surface area (Å²) in [5, 5.41) is 2.95. The first-order valence-corrected chi connectivity index (χ1v) is 6.34. The Morgan fingerprint density at radius 1 is 1.25 bits per heavy atom. The lowest BCUT2D eigenvalue weighted by atomic mass is 10.0. The fraction of sp³-hybridized carbons (Fsp3) is 0.917. The fourth-order valence-corrected chi connectivity index (χ4v) is 1.96. The van der Waals surface area contributed by atoms with E-state index in [9.17, 15) is 4.79 Å². The van der Waals surface area contributed by atoms with Gasteiger partial charge in [-0.25, -0.2) is 0 Å². The van der Waals surface area contributed by atoms with E-state index in [1.54, 1.807) is 0 Å². The van der Waals surface area contributed by atoms with Crippen LogP contribution in [-0.2, 0) is 4.79 Å². The molecule has 2 unspecified atom stereocenters. The highest BCUT2D eigenvalue weighted by Crippen LogP contribution is 2.05. The maximum Gasteiger partial charge on any atom is 0.237 e. The van der Waals surface area contributed by atoms with Crippen LogP contribution in [-0.4, -0.2) is 68.1 Å². The highest BCUT2D eigenvalue weighted by atomic mass is 35.5. The van der Waals surface area contributed by atoms with Gasteiger partial charge in [-0.05, 0) is 20.0 Å². The predicted molar refractivity (Wildman–Crippen MR) is 91.5 cm³/mol. The molecule has 0 aromatic carbocycles. The van der Waals surface area contributed by atoms with Crippen molar-refractivity contribution in [3.8, 4) is 0 Å². The molecule has 1 amide bonds. The Hall–Kier alpha value is 0.220. The van der Waals surface area contributed by atoms with Gasteiger partial charge in [-0.15, -0.1) is 37.2 Å². The van der Waals surface area contributed by atoms with Gasteiger partial charge in [-0.1, -0.05) is 13.8 Å². The molecule has 0 bridgehead atoms. The Kier molecular flexibility index (Phi) is 14.9. The molecule has 1 fully saturated rings. The van der Waals surface area contributed by atoms with Crippen LogP contribution in [0.1, 0.15) is 13.8 Å². The van der Waals surface area contributed by atoms with Crippen LogP contribution in [0.15, 0.2) is 0 Å². The largest absolute Gasteiger partial charge is 0.353 e. The Morgan fingerprint density at radius 2 is 1.80 bits per heavy atom. The highest BCUT2D eigenvalue weighted by Gasteiger charge is 2.24. The lowest BCUT2D eigenvalue weighted by Gasteiger charge is -2.37. The van der Waals surface area contributed by atoms with Crippen molar-refractivity contribution in [2.45, 2.75) is 25.9 Å². The van der Waals surface area contributed by atoms with E-state index in [2.05, 4.69) is 29.2 Å². The molecule has 0 saturated carbocycles. The number of likely N-dealkylation sites (N-methyl/N-ethyl adjacent to an activating group) is 2. The molecule has 2 atom stereocenters. The topological polar surface area (TPSA) is 61.6 Å². The van der Waals surface area contributed by atoms with Gasteiger partial charge in [0.25, 0.3) is 0 Å². The number of nitrogens with zero attached hydrogens (tertiary/aromatic N) is 2. The van der Waals surface area contributed by atoms with Gasteiger partial charge in [-0.2, -0.15) is 0 Å². The first-order chi connectivity index (χ1) is 7.91. The molecule has 124 valence electrons. The number of nitrogens with one attached hydrogen (secondary N) is 1. The van der Waals surface area contributed by atoms with Crippen LogP contribution in [0.3, 0.4) is 0 Å². The second kappa shape index (κ2) is 11.8. The lowest BCUT2D eigenvalue weighted by Crippen LogP contribution is -2.56.